The molecule has 1 amide bonds. The maximum absolute atomic E-state index is 11.2. The van der Waals surface area contributed by atoms with Crippen LogP contribution in [0.4, 0.5) is 0 Å². The average molecular weight is 216 g/mol. The van der Waals surface area contributed by atoms with Crippen LogP contribution in [0.5, 0.6) is 0 Å². The van der Waals surface area contributed by atoms with Crippen molar-refractivity contribution in [2.45, 2.75) is 31.4 Å². The van der Waals surface area contributed by atoms with Crippen molar-refractivity contribution in [2.75, 3.05) is 26.9 Å². The lowest BCUT2D eigenvalue weighted by atomic mass is 10.0. The number of hydrogen-bond acceptors (Lipinski definition) is 4. The van der Waals surface area contributed by atoms with Gasteiger partial charge in [-0.3, -0.25) is 4.79 Å². The third-order valence-corrected chi connectivity index (χ3v) is 2.87. The highest BCUT2D eigenvalue weighted by molar-refractivity contribution is 5.84. The Hall–Kier alpha value is -0.650. The van der Waals surface area contributed by atoms with Gasteiger partial charge in [-0.25, -0.2) is 0 Å². The molecule has 1 saturated heterocycles. The smallest absolute Gasteiger partial charge is 0.239 e. The Labute approximate surface area is 90.3 Å². The number of carbonyl (C=O) groups excluding carboxylic acids is 1. The number of carbonyl (C=O) groups is 1. The van der Waals surface area contributed by atoms with Gasteiger partial charge in [0, 0.05) is 13.2 Å². The minimum atomic E-state index is -0.779. The molecule has 5 heteroatoms. The van der Waals surface area contributed by atoms with Crippen molar-refractivity contribution in [1.82, 2.24) is 5.32 Å². The molecule has 1 heterocycles. The summed E-state index contributed by atoms with van der Waals surface area (Å²) >= 11 is 0. The molecule has 0 radical (unpaired) electrons. The molecule has 1 unspecified atom stereocenters. The van der Waals surface area contributed by atoms with Crippen LogP contribution in [0, 0.1) is 0 Å². The highest BCUT2D eigenvalue weighted by Gasteiger charge is 2.30. The molecule has 0 bridgehead atoms. The third-order valence-electron chi connectivity index (χ3n) is 2.87. The van der Waals surface area contributed by atoms with E-state index in [0.717, 1.165) is 26.1 Å². The molecule has 1 aliphatic rings. The summed E-state index contributed by atoms with van der Waals surface area (Å²) in [5.74, 6) is -0.392. The highest BCUT2D eigenvalue weighted by Crippen LogP contribution is 2.13. The van der Waals surface area contributed by atoms with E-state index >= 15 is 0 Å². The van der Waals surface area contributed by atoms with Gasteiger partial charge in [-0.15, -0.1) is 0 Å². The van der Waals surface area contributed by atoms with Gasteiger partial charge in [-0.1, -0.05) is 0 Å². The third kappa shape index (κ3) is 3.44. The molecule has 1 fully saturated rings. The van der Waals surface area contributed by atoms with E-state index in [-0.39, 0.29) is 6.10 Å². The van der Waals surface area contributed by atoms with Gasteiger partial charge < -0.3 is 20.5 Å². The lowest BCUT2D eigenvalue weighted by Crippen LogP contribution is -2.55. The van der Waals surface area contributed by atoms with Gasteiger partial charge in [0.15, 0.2) is 0 Å². The number of amides is 1. The first-order valence-electron chi connectivity index (χ1n) is 5.26. The molecule has 88 valence electrons. The molecule has 0 aromatic heterocycles. The van der Waals surface area contributed by atoms with Gasteiger partial charge in [-0.05, 0) is 26.8 Å². The fourth-order valence-corrected chi connectivity index (χ4v) is 1.39. The first kappa shape index (κ1) is 12.4. The summed E-state index contributed by atoms with van der Waals surface area (Å²) < 4.78 is 10.9. The Morgan fingerprint density at radius 1 is 1.60 bits per heavy atom. The van der Waals surface area contributed by atoms with Crippen LogP contribution in [-0.4, -0.2) is 44.4 Å². The standard InChI is InChI=1S/C10H20N2O3/c1-10(12-2,9(11)13)7-15-8-3-5-14-6-4-8/h8,12H,3-7H2,1-2H3,(H2,11,13). The lowest BCUT2D eigenvalue weighted by molar-refractivity contribution is -0.128. The zero-order valence-electron chi connectivity index (χ0n) is 9.41. The van der Waals surface area contributed by atoms with Gasteiger partial charge in [0.1, 0.15) is 5.54 Å². The molecule has 0 aromatic rings. The predicted molar refractivity (Wildman–Crippen MR) is 56.5 cm³/mol. The number of rotatable bonds is 5. The van der Waals surface area contributed by atoms with Crippen LogP contribution >= 0.6 is 0 Å². The first-order chi connectivity index (χ1) is 7.08. The zero-order chi connectivity index (χ0) is 11.3. The Kier molecular flexibility index (Phi) is 4.50. The first-order valence-corrected chi connectivity index (χ1v) is 5.26. The van der Waals surface area contributed by atoms with Gasteiger partial charge >= 0.3 is 0 Å². The Morgan fingerprint density at radius 2 is 2.20 bits per heavy atom. The molecule has 0 saturated carbocycles. The SMILES string of the molecule is CNC(C)(COC1CCOCC1)C(N)=O. The van der Waals surface area contributed by atoms with E-state index in [1.54, 1.807) is 14.0 Å². The fourth-order valence-electron chi connectivity index (χ4n) is 1.39. The largest absolute Gasteiger partial charge is 0.381 e. The van der Waals surface area contributed by atoms with Crippen molar-refractivity contribution in [3.63, 3.8) is 0 Å². The molecule has 3 N–H and O–H groups in total. The van der Waals surface area contributed by atoms with Crippen LogP contribution in [0.2, 0.25) is 0 Å². The van der Waals surface area contributed by atoms with Crippen molar-refractivity contribution in [3.05, 3.63) is 0 Å². The molecule has 5 nitrogen and oxygen atoms in total. The monoisotopic (exact) mass is 216 g/mol. The molecule has 0 aromatic carbocycles. The minimum absolute atomic E-state index is 0.186. The maximum Gasteiger partial charge on any atom is 0.239 e. The number of primary amides is 1. The molecular formula is C10H20N2O3. The highest BCUT2D eigenvalue weighted by atomic mass is 16.5. The number of nitrogens with one attached hydrogen (secondary N) is 1. The molecular weight excluding hydrogens is 196 g/mol. The summed E-state index contributed by atoms with van der Waals surface area (Å²) in [5, 5.41) is 2.89. The number of likely N-dealkylation sites (N-methyl/N-ethyl adjacent to an activating group) is 1. The zero-order valence-corrected chi connectivity index (χ0v) is 9.41. The topological polar surface area (TPSA) is 73.6 Å². The normalized spacial score (nSPS) is 22.3. The van der Waals surface area contributed by atoms with Gasteiger partial charge in [0.25, 0.3) is 0 Å². The molecule has 0 spiro atoms. The van der Waals surface area contributed by atoms with Crippen LogP contribution in [0.1, 0.15) is 19.8 Å². The van der Waals surface area contributed by atoms with Crippen LogP contribution in [0.25, 0.3) is 0 Å². The second kappa shape index (κ2) is 5.44. The molecule has 15 heavy (non-hydrogen) atoms. The molecule has 1 rings (SSSR count). The Bertz CT molecular complexity index is 217. The van der Waals surface area contributed by atoms with E-state index in [2.05, 4.69) is 5.32 Å². The fraction of sp³-hybridized carbons (Fsp3) is 0.900. The summed E-state index contributed by atoms with van der Waals surface area (Å²) in [6, 6.07) is 0. The summed E-state index contributed by atoms with van der Waals surface area (Å²) in [6.07, 6.45) is 1.96. The minimum Gasteiger partial charge on any atom is -0.381 e. The van der Waals surface area contributed by atoms with E-state index in [4.69, 9.17) is 15.2 Å². The van der Waals surface area contributed by atoms with E-state index in [0.29, 0.717) is 6.61 Å². The van der Waals surface area contributed by atoms with E-state index < -0.39 is 11.4 Å². The molecule has 1 atom stereocenters. The number of hydrogen-bond donors (Lipinski definition) is 2. The Morgan fingerprint density at radius 3 is 2.67 bits per heavy atom. The summed E-state index contributed by atoms with van der Waals surface area (Å²) in [4.78, 5) is 11.2. The molecule has 1 aliphatic heterocycles. The number of ether oxygens (including phenoxy) is 2. The van der Waals surface area contributed by atoms with E-state index in [1.165, 1.54) is 0 Å². The summed E-state index contributed by atoms with van der Waals surface area (Å²) in [5.41, 5.74) is 4.51. The van der Waals surface area contributed by atoms with E-state index in [9.17, 15) is 4.79 Å². The van der Waals surface area contributed by atoms with Crippen molar-refractivity contribution >= 4 is 5.91 Å². The maximum atomic E-state index is 11.2. The number of nitrogens with two attached hydrogens (primary N) is 1. The van der Waals surface area contributed by atoms with Gasteiger partial charge in [-0.2, -0.15) is 0 Å². The van der Waals surface area contributed by atoms with Crippen LogP contribution in [-0.2, 0) is 14.3 Å². The molecule has 0 aliphatic carbocycles. The van der Waals surface area contributed by atoms with Gasteiger partial charge in [0.05, 0.1) is 12.7 Å². The summed E-state index contributed by atoms with van der Waals surface area (Å²) in [7, 11) is 1.71. The quantitative estimate of drug-likeness (QED) is 0.658. The summed E-state index contributed by atoms with van der Waals surface area (Å²) in [6.45, 7) is 3.52. The van der Waals surface area contributed by atoms with Crippen molar-refractivity contribution in [3.8, 4) is 0 Å². The van der Waals surface area contributed by atoms with Crippen LogP contribution in [0.3, 0.4) is 0 Å². The predicted octanol–water partition coefficient (Wildman–Crippen LogP) is -0.355. The van der Waals surface area contributed by atoms with Crippen molar-refractivity contribution in [1.29, 1.82) is 0 Å². The van der Waals surface area contributed by atoms with Crippen LogP contribution in [0.15, 0.2) is 0 Å². The van der Waals surface area contributed by atoms with Gasteiger partial charge in [0.2, 0.25) is 5.91 Å². The van der Waals surface area contributed by atoms with Crippen LogP contribution < -0.4 is 11.1 Å². The van der Waals surface area contributed by atoms with Crippen molar-refractivity contribution in [2.24, 2.45) is 5.73 Å². The second-order valence-corrected chi connectivity index (χ2v) is 4.07. The van der Waals surface area contributed by atoms with Crippen molar-refractivity contribution < 1.29 is 14.3 Å². The second-order valence-electron chi connectivity index (χ2n) is 4.07. The van der Waals surface area contributed by atoms with E-state index in [1.807, 2.05) is 0 Å². The average Bonchev–Trinajstić information content (AvgIpc) is 2.27. The lowest BCUT2D eigenvalue weighted by Gasteiger charge is -2.29. The Balaban J connectivity index is 2.36.